The number of amides is 2. The Bertz CT molecular complexity index is 546. The van der Waals surface area contributed by atoms with E-state index < -0.39 is 0 Å². The maximum absolute atomic E-state index is 12.3. The zero-order valence-electron chi connectivity index (χ0n) is 13.7. The third-order valence-corrected chi connectivity index (χ3v) is 3.74. The molecule has 1 atom stereocenters. The van der Waals surface area contributed by atoms with Gasteiger partial charge in [-0.2, -0.15) is 0 Å². The first-order valence-corrected chi connectivity index (χ1v) is 7.65. The molecule has 22 heavy (non-hydrogen) atoms. The number of likely N-dealkylation sites (tertiary alicyclic amines) is 1. The van der Waals surface area contributed by atoms with E-state index in [2.05, 4.69) is 5.32 Å². The van der Waals surface area contributed by atoms with Crippen LogP contribution < -0.4 is 10.1 Å². The average molecular weight is 304 g/mol. The van der Waals surface area contributed by atoms with Gasteiger partial charge in [-0.25, -0.2) is 0 Å². The predicted molar refractivity (Wildman–Crippen MR) is 85.8 cm³/mol. The first-order chi connectivity index (χ1) is 10.3. The summed E-state index contributed by atoms with van der Waals surface area (Å²) in [5, 5.41) is 2.87. The molecular weight excluding hydrogens is 280 g/mol. The monoisotopic (exact) mass is 304 g/mol. The van der Waals surface area contributed by atoms with Crippen LogP contribution in [0.2, 0.25) is 0 Å². The van der Waals surface area contributed by atoms with E-state index in [0.717, 1.165) is 11.4 Å². The summed E-state index contributed by atoms with van der Waals surface area (Å²) in [6.07, 6.45) is 0.278. The van der Waals surface area contributed by atoms with Gasteiger partial charge in [0.05, 0.1) is 12.5 Å². The number of nitrogens with zero attached hydrogens (tertiary/aromatic N) is 1. The Morgan fingerprint density at radius 1 is 1.32 bits per heavy atom. The first-order valence-electron chi connectivity index (χ1n) is 7.65. The van der Waals surface area contributed by atoms with Gasteiger partial charge in [-0.1, -0.05) is 0 Å². The van der Waals surface area contributed by atoms with E-state index in [9.17, 15) is 9.59 Å². The number of hydrogen-bond donors (Lipinski definition) is 1. The zero-order chi connectivity index (χ0) is 16.3. The molecule has 0 bridgehead atoms. The quantitative estimate of drug-likeness (QED) is 0.930. The lowest BCUT2D eigenvalue weighted by molar-refractivity contribution is -0.131. The van der Waals surface area contributed by atoms with Crippen molar-refractivity contribution < 1.29 is 14.3 Å². The molecule has 1 N–H and O–H groups in total. The highest BCUT2D eigenvalue weighted by Gasteiger charge is 2.39. The first kappa shape index (κ1) is 16.3. The zero-order valence-corrected chi connectivity index (χ0v) is 13.7. The number of benzene rings is 1. The number of anilines is 1. The Kier molecular flexibility index (Phi) is 4.74. The van der Waals surface area contributed by atoms with E-state index in [0.29, 0.717) is 13.2 Å². The minimum Gasteiger partial charge on any atom is -0.494 e. The van der Waals surface area contributed by atoms with Crippen LogP contribution in [0.5, 0.6) is 5.75 Å². The highest BCUT2D eigenvalue weighted by atomic mass is 16.5. The third kappa shape index (κ3) is 3.78. The third-order valence-electron chi connectivity index (χ3n) is 3.74. The van der Waals surface area contributed by atoms with Gasteiger partial charge < -0.3 is 15.0 Å². The van der Waals surface area contributed by atoms with Crippen molar-refractivity contribution in [3.63, 3.8) is 0 Å². The minimum atomic E-state index is -0.293. The molecular formula is C17H24N2O3. The van der Waals surface area contributed by atoms with Crippen LogP contribution in [-0.2, 0) is 9.59 Å². The average Bonchev–Trinajstić information content (AvgIpc) is 2.83. The van der Waals surface area contributed by atoms with Gasteiger partial charge in [0.15, 0.2) is 0 Å². The Morgan fingerprint density at radius 3 is 2.45 bits per heavy atom. The van der Waals surface area contributed by atoms with Crippen LogP contribution in [0.1, 0.15) is 34.1 Å². The fraction of sp³-hybridized carbons (Fsp3) is 0.529. The number of rotatable bonds is 4. The van der Waals surface area contributed by atoms with E-state index in [1.54, 1.807) is 17.0 Å². The molecule has 0 saturated carbocycles. The summed E-state index contributed by atoms with van der Waals surface area (Å²) in [6, 6.07) is 7.25. The minimum absolute atomic E-state index is 0.0411. The highest BCUT2D eigenvalue weighted by molar-refractivity contribution is 5.97. The normalized spacial score (nSPS) is 18.5. The van der Waals surface area contributed by atoms with Gasteiger partial charge in [-0.15, -0.1) is 0 Å². The van der Waals surface area contributed by atoms with Crippen LogP contribution >= 0.6 is 0 Å². The fourth-order valence-electron chi connectivity index (χ4n) is 2.58. The summed E-state index contributed by atoms with van der Waals surface area (Å²) in [5.74, 6) is 0.414. The number of ether oxygens (including phenoxy) is 1. The fourth-order valence-corrected chi connectivity index (χ4v) is 2.58. The summed E-state index contributed by atoms with van der Waals surface area (Å²) < 4.78 is 5.37. The molecule has 0 radical (unpaired) electrons. The molecule has 0 aromatic heterocycles. The molecule has 1 aromatic carbocycles. The molecule has 1 aliphatic rings. The van der Waals surface area contributed by atoms with Crippen molar-refractivity contribution in [3.8, 4) is 5.75 Å². The van der Waals surface area contributed by atoms with E-state index in [1.807, 2.05) is 39.8 Å². The number of nitrogens with one attached hydrogen (secondary N) is 1. The number of hydrogen-bond acceptors (Lipinski definition) is 3. The van der Waals surface area contributed by atoms with Gasteiger partial charge in [-0.05, 0) is 52.0 Å². The Balaban J connectivity index is 1.97. The molecule has 120 valence electrons. The molecule has 1 aliphatic heterocycles. The van der Waals surface area contributed by atoms with Gasteiger partial charge in [0.2, 0.25) is 11.8 Å². The van der Waals surface area contributed by atoms with Crippen LogP contribution in [0.4, 0.5) is 5.69 Å². The molecule has 5 nitrogen and oxygen atoms in total. The van der Waals surface area contributed by atoms with Crippen LogP contribution in [0.25, 0.3) is 0 Å². The SMILES string of the molecule is CCOc1ccc(NC(=O)C2CC(=O)N(C(C)(C)C)C2)cc1. The van der Waals surface area contributed by atoms with Crippen molar-refractivity contribution in [2.75, 3.05) is 18.5 Å². The van der Waals surface area contributed by atoms with E-state index in [1.165, 1.54) is 0 Å². The molecule has 1 heterocycles. The Hall–Kier alpha value is -2.04. The van der Waals surface area contributed by atoms with Crippen LogP contribution in [-0.4, -0.2) is 35.4 Å². The van der Waals surface area contributed by atoms with Crippen molar-refractivity contribution in [2.24, 2.45) is 5.92 Å². The van der Waals surface area contributed by atoms with Crippen molar-refractivity contribution in [3.05, 3.63) is 24.3 Å². The van der Waals surface area contributed by atoms with Crippen molar-refractivity contribution in [1.82, 2.24) is 4.90 Å². The highest BCUT2D eigenvalue weighted by Crippen LogP contribution is 2.27. The Morgan fingerprint density at radius 2 is 1.95 bits per heavy atom. The second kappa shape index (κ2) is 6.38. The molecule has 1 unspecified atom stereocenters. The van der Waals surface area contributed by atoms with Crippen LogP contribution in [0, 0.1) is 5.92 Å². The summed E-state index contributed by atoms with van der Waals surface area (Å²) in [6.45, 7) is 8.96. The second-order valence-corrected chi connectivity index (χ2v) is 6.52. The van der Waals surface area contributed by atoms with Gasteiger partial charge in [0.25, 0.3) is 0 Å². The van der Waals surface area contributed by atoms with E-state index >= 15 is 0 Å². The van der Waals surface area contributed by atoms with Crippen LogP contribution in [0.15, 0.2) is 24.3 Å². The topological polar surface area (TPSA) is 58.6 Å². The molecule has 1 saturated heterocycles. The summed E-state index contributed by atoms with van der Waals surface area (Å²) >= 11 is 0. The lowest BCUT2D eigenvalue weighted by atomic mass is 10.1. The van der Waals surface area contributed by atoms with Gasteiger partial charge >= 0.3 is 0 Å². The summed E-state index contributed by atoms with van der Waals surface area (Å²) in [5.41, 5.74) is 0.473. The largest absolute Gasteiger partial charge is 0.494 e. The smallest absolute Gasteiger partial charge is 0.229 e. The maximum Gasteiger partial charge on any atom is 0.229 e. The molecule has 1 aromatic rings. The molecule has 1 fully saturated rings. The second-order valence-electron chi connectivity index (χ2n) is 6.52. The van der Waals surface area contributed by atoms with Crippen molar-refractivity contribution in [1.29, 1.82) is 0 Å². The van der Waals surface area contributed by atoms with E-state index in [-0.39, 0.29) is 29.7 Å². The van der Waals surface area contributed by atoms with Crippen molar-refractivity contribution in [2.45, 2.75) is 39.7 Å². The standard InChI is InChI=1S/C17H24N2O3/c1-5-22-14-8-6-13(7-9-14)18-16(21)12-10-15(20)19(11-12)17(2,3)4/h6-9,12H,5,10-11H2,1-4H3,(H,18,21). The number of carbonyl (C=O) groups excluding carboxylic acids is 2. The molecule has 5 heteroatoms. The maximum atomic E-state index is 12.3. The van der Waals surface area contributed by atoms with E-state index in [4.69, 9.17) is 4.74 Å². The van der Waals surface area contributed by atoms with Crippen molar-refractivity contribution >= 4 is 17.5 Å². The van der Waals surface area contributed by atoms with Crippen LogP contribution in [0.3, 0.4) is 0 Å². The summed E-state index contributed by atoms with van der Waals surface area (Å²) in [4.78, 5) is 26.1. The lowest BCUT2D eigenvalue weighted by Gasteiger charge is -2.31. The van der Waals surface area contributed by atoms with Gasteiger partial charge in [0.1, 0.15) is 5.75 Å². The predicted octanol–water partition coefficient (Wildman–Crippen LogP) is 2.67. The van der Waals surface area contributed by atoms with Gasteiger partial charge in [0, 0.05) is 24.2 Å². The molecule has 0 aliphatic carbocycles. The molecule has 2 rings (SSSR count). The molecule has 2 amide bonds. The van der Waals surface area contributed by atoms with Gasteiger partial charge in [-0.3, -0.25) is 9.59 Å². The Labute approximate surface area is 131 Å². The summed E-state index contributed by atoms with van der Waals surface area (Å²) in [7, 11) is 0. The molecule has 0 spiro atoms. The lowest BCUT2D eigenvalue weighted by Crippen LogP contribution is -2.42. The number of carbonyl (C=O) groups is 2.